The van der Waals surface area contributed by atoms with Gasteiger partial charge in [0.15, 0.2) is 0 Å². The summed E-state index contributed by atoms with van der Waals surface area (Å²) < 4.78 is 5.44. The van der Waals surface area contributed by atoms with Gasteiger partial charge in [0, 0.05) is 232 Å². The van der Waals surface area contributed by atoms with Gasteiger partial charge in [0.1, 0.15) is 0 Å². The topological polar surface area (TPSA) is 391 Å². The first-order valence-electron chi connectivity index (χ1n) is 60.3. The molecule has 0 spiro atoms. The largest absolute Gasteiger partial charge is 0.374 e. The number of hydrogen-bond acceptors (Lipinski definition) is 29. The molecule has 16 fully saturated rings. The van der Waals surface area contributed by atoms with Crippen LogP contribution in [0, 0.1) is 47.3 Å². The Balaban J connectivity index is 0.000000399. The number of morpholine rings is 1. The Hall–Kier alpha value is -1.16. The Morgan fingerprint density at radius 3 is 0.826 bits per heavy atom. The highest BCUT2D eigenvalue weighted by Crippen LogP contribution is 2.44. The number of rotatable bonds is 19. The highest BCUT2D eigenvalue weighted by atomic mass is 16.5. The first-order valence-corrected chi connectivity index (χ1v) is 60.3. The standard InChI is InChI=1S/C10H20N2.3C9H20N2.C8H18N2O.C8H16N2.6C8H18N2.2C7H16N2/c1-8(2)12-6-9-3-4-11-5-10(9)7-12;1-8(2)11-5-3-9(7-10)4-6-11;1-8(2)11-6-3-4-9(10)5-7-11;1-8(2)11-5-3-4-9(6-10)7-11;1-7(2)10-3-4-11-8(5-9)6-10;1-5(2)10-3-6-7(4-10)8(6)9;1-7(2)10-5-3-8(9)4-6-10;2*1-7(2)10-4-3-8(5-9)6-10;1-8(2)10-6-3-4-9-5-7-10;2*1-7(2)10-5-3-4-8(9)6-10;2*1-6(2)9-4-3-7(8)5-9/h8-11H,3-7H2,1-2H3;3*8-9H,3-7,10H2,1-2H3;7-8H,3-6,9H2,1-2H3;5-8H,3-4,9H2,1-2H3;3*7-8H,3-6,9H2,1-2H3;8-9H,3-7H2,1-2H3;2*7-8H,3-6,9H2,1-2H3;2*6-7H,3-5,8H2,1-2H3/t;;;9-;;;;2*8-;;2*8-;2*7-/m...0...10.0010/s1. The molecule has 6 unspecified atom stereocenters. The van der Waals surface area contributed by atoms with Gasteiger partial charge in [-0.1, -0.05) is 0 Å². The zero-order valence-corrected chi connectivity index (χ0v) is 100. The van der Waals surface area contributed by atoms with Gasteiger partial charge in [-0.2, -0.15) is 0 Å². The molecule has 0 aromatic rings. The molecule has 860 valence electrons. The maximum Gasteiger partial charge on any atom is 0.0824 e. The van der Waals surface area contributed by atoms with Crippen molar-refractivity contribution in [3.05, 3.63) is 0 Å². The van der Waals surface area contributed by atoms with Crippen molar-refractivity contribution in [2.45, 2.75) is 449 Å². The van der Waals surface area contributed by atoms with E-state index in [4.69, 9.17) is 73.5 Å². The molecule has 15 saturated heterocycles. The molecule has 0 aromatic heterocycles. The van der Waals surface area contributed by atoms with Crippen LogP contribution >= 0.6 is 0 Å². The second-order valence-corrected chi connectivity index (χ2v) is 50.2. The summed E-state index contributed by atoms with van der Waals surface area (Å²) in [5.41, 5.74) is 68.4. The van der Waals surface area contributed by atoms with E-state index < -0.39 is 0 Å². The molecule has 29 nitrogen and oxygen atoms in total. The number of likely N-dealkylation sites (tertiary alicyclic amines) is 12. The van der Waals surface area contributed by atoms with Gasteiger partial charge in [-0.15, -0.1) is 0 Å². The van der Waals surface area contributed by atoms with Crippen molar-refractivity contribution in [1.29, 1.82) is 0 Å². The predicted octanol–water partition coefficient (Wildman–Crippen LogP) is 9.96. The van der Waals surface area contributed by atoms with Crippen molar-refractivity contribution in [2.75, 3.05) is 249 Å². The zero-order chi connectivity index (χ0) is 108. The fourth-order valence-corrected chi connectivity index (χ4v) is 22.5. The van der Waals surface area contributed by atoms with Crippen LogP contribution in [0.15, 0.2) is 0 Å². The molecule has 26 N–H and O–H groups in total. The average molecular weight is 2050 g/mol. The molecular weight excluding hydrogens is 1790 g/mol. The van der Waals surface area contributed by atoms with Crippen molar-refractivity contribution in [3.63, 3.8) is 0 Å². The Kier molecular flexibility index (Phi) is 73.5. The summed E-state index contributed by atoms with van der Waals surface area (Å²) in [6, 6.07) is 12.9. The van der Waals surface area contributed by atoms with Crippen LogP contribution in [0.25, 0.3) is 0 Å². The van der Waals surface area contributed by atoms with Crippen molar-refractivity contribution in [1.82, 2.24) is 79.2 Å². The summed E-state index contributed by atoms with van der Waals surface area (Å²) in [7, 11) is 0. The molecule has 1 aliphatic carbocycles. The van der Waals surface area contributed by atoms with Gasteiger partial charge in [-0.25, -0.2) is 0 Å². The molecule has 15 aliphatic heterocycles. The Morgan fingerprint density at radius 2 is 0.479 bits per heavy atom. The lowest BCUT2D eigenvalue weighted by molar-refractivity contribution is -0.0334. The van der Waals surface area contributed by atoms with Crippen molar-refractivity contribution in [2.24, 2.45) is 116 Å². The number of ether oxygens (including phenoxy) is 1. The summed E-state index contributed by atoms with van der Waals surface area (Å²) >= 11 is 0. The third-order valence-corrected chi connectivity index (χ3v) is 34.1. The summed E-state index contributed by atoms with van der Waals surface area (Å²) in [5.74, 6) is 6.72. The van der Waals surface area contributed by atoms with Gasteiger partial charge in [-0.05, 0) is 501 Å². The second kappa shape index (κ2) is 77.3. The predicted molar refractivity (Wildman–Crippen MR) is 626 cm³/mol. The van der Waals surface area contributed by atoms with Crippen LogP contribution in [0.1, 0.15) is 316 Å². The first kappa shape index (κ1) is 137. The summed E-state index contributed by atoms with van der Waals surface area (Å²) in [6.45, 7) is 107. The zero-order valence-electron chi connectivity index (χ0n) is 100. The van der Waals surface area contributed by atoms with E-state index in [1.165, 1.54) is 286 Å². The van der Waals surface area contributed by atoms with E-state index in [0.29, 0.717) is 115 Å². The monoisotopic (exact) mass is 2040 g/mol. The lowest BCUT2D eigenvalue weighted by atomic mass is 9.90. The van der Waals surface area contributed by atoms with Crippen LogP contribution in [0.2, 0.25) is 0 Å². The molecule has 0 amide bonds. The number of hydrogen-bond donors (Lipinski definition) is 14. The average Bonchev–Trinajstić information content (AvgIpc) is 1.59. The maximum atomic E-state index is 5.87. The molecule has 16 rings (SSSR count). The molecule has 0 aromatic carbocycles. The van der Waals surface area contributed by atoms with E-state index in [-0.39, 0.29) is 6.10 Å². The highest BCUT2D eigenvalue weighted by Gasteiger charge is 2.54. The minimum Gasteiger partial charge on any atom is -0.374 e. The molecule has 0 radical (unpaired) electrons. The lowest BCUT2D eigenvalue weighted by Gasteiger charge is -2.34. The maximum absolute atomic E-state index is 5.87. The van der Waals surface area contributed by atoms with Crippen LogP contribution in [0.5, 0.6) is 0 Å². The smallest absolute Gasteiger partial charge is 0.0824 e. The first-order chi connectivity index (χ1) is 68.1. The molecule has 15 heterocycles. The highest BCUT2D eigenvalue weighted by molar-refractivity contribution is 5.09. The van der Waals surface area contributed by atoms with Crippen molar-refractivity contribution >= 4 is 0 Å². The van der Waals surface area contributed by atoms with Crippen LogP contribution < -0.4 is 79.4 Å². The molecule has 16 aliphatic rings. The van der Waals surface area contributed by atoms with Gasteiger partial charge in [0.25, 0.3) is 0 Å². The van der Waals surface area contributed by atoms with Crippen LogP contribution in [-0.4, -0.2) is 450 Å². The Labute approximate surface area is 892 Å². The van der Waals surface area contributed by atoms with E-state index >= 15 is 0 Å². The Bertz CT molecular complexity index is 2800. The van der Waals surface area contributed by atoms with Crippen molar-refractivity contribution < 1.29 is 4.74 Å². The summed E-state index contributed by atoms with van der Waals surface area (Å²) in [4.78, 5) is 34.9. The minimum atomic E-state index is 0.256. The van der Waals surface area contributed by atoms with Crippen molar-refractivity contribution in [3.8, 4) is 0 Å². The normalized spacial score (nSPS) is 29.5. The second-order valence-electron chi connectivity index (χ2n) is 50.2. The molecule has 29 heteroatoms. The van der Waals surface area contributed by atoms with Gasteiger partial charge >= 0.3 is 0 Å². The van der Waals surface area contributed by atoms with E-state index in [1.54, 1.807) is 0 Å². The van der Waals surface area contributed by atoms with Gasteiger partial charge in [-0.3, -0.25) is 29.4 Å². The summed E-state index contributed by atoms with van der Waals surface area (Å²) in [5, 5.41) is 6.88. The number of nitrogens with two attached hydrogens (primary N) is 12. The molecular formula is C115H254N28O. The third-order valence-electron chi connectivity index (χ3n) is 34.1. The van der Waals surface area contributed by atoms with E-state index in [0.717, 1.165) is 144 Å². The SMILES string of the molecule is CC(C)N1CC2C(N)C2C1.CC(C)N1CC2CCNCC2C1.CC(C)N1CCC(CN)CC1.CC(C)N1CCC(N)CC1.CC(C)N1CCCC(N)CC1.CC(C)N1CCCNCC1.CC(C)N1CCC[C@@H](CN)C1.CC(C)N1CCC[C@H](N)C1.CC(C)N1CCC[C@H](N)C1.CC(C)N1CCOC(CN)C1.CC(C)N1CC[C@@H](CN)C1.CC(C)N1CC[C@@H](N)C1.CC(C)N1CC[C@H](CN)C1.CC(C)N1CC[C@H](N)C1. The van der Waals surface area contributed by atoms with Crippen LogP contribution in [-0.2, 0) is 4.74 Å². The number of fused-ring (bicyclic) bond motifs is 2. The van der Waals surface area contributed by atoms with Crippen LogP contribution in [0.3, 0.4) is 0 Å². The van der Waals surface area contributed by atoms with E-state index in [2.05, 4.69) is 273 Å². The summed E-state index contributed by atoms with van der Waals surface area (Å²) in [6.07, 6.45) is 24.2. The third kappa shape index (κ3) is 58.0. The number of nitrogens with one attached hydrogen (secondary N) is 2. The van der Waals surface area contributed by atoms with Gasteiger partial charge in [0.2, 0.25) is 0 Å². The number of piperidine rings is 7. The van der Waals surface area contributed by atoms with Gasteiger partial charge in [0.05, 0.1) is 12.7 Å². The molecule has 1 saturated carbocycles. The molecule has 0 bridgehead atoms. The lowest BCUT2D eigenvalue weighted by Crippen LogP contribution is -2.48. The van der Waals surface area contributed by atoms with E-state index in [1.807, 2.05) is 0 Å². The minimum absolute atomic E-state index is 0.256. The fraction of sp³-hybridized carbons (Fsp3) is 1.00. The van der Waals surface area contributed by atoms with Gasteiger partial charge < -0.3 is 123 Å². The molecule has 144 heavy (non-hydrogen) atoms. The van der Waals surface area contributed by atoms with Crippen LogP contribution in [0.4, 0.5) is 0 Å². The molecule has 13 atom stereocenters. The van der Waals surface area contributed by atoms with E-state index in [9.17, 15) is 0 Å². The number of nitrogens with zero attached hydrogens (tertiary/aromatic N) is 14. The fourth-order valence-electron chi connectivity index (χ4n) is 22.5. The quantitative estimate of drug-likeness (QED) is 0.0571. The Morgan fingerprint density at radius 1 is 0.208 bits per heavy atom.